The molecule has 0 aliphatic heterocycles. The summed E-state index contributed by atoms with van der Waals surface area (Å²) in [4.78, 5) is 13.0. The molecule has 0 saturated heterocycles. The van der Waals surface area contributed by atoms with Gasteiger partial charge in [-0.15, -0.1) is 16.8 Å². The Morgan fingerprint density at radius 3 is 2.50 bits per heavy atom. The maximum atomic E-state index is 13.3. The molecule has 0 N–H and O–H groups in total. The molecule has 32 heavy (non-hydrogen) atoms. The number of rotatable bonds is 8. The summed E-state index contributed by atoms with van der Waals surface area (Å²) in [7, 11) is -2.34. The van der Waals surface area contributed by atoms with Gasteiger partial charge in [0.1, 0.15) is 5.75 Å². The first-order valence-corrected chi connectivity index (χ1v) is 11.5. The second kappa shape index (κ2) is 8.56. The Balaban J connectivity index is 1.85. The van der Waals surface area contributed by atoms with Crippen molar-refractivity contribution in [2.75, 3.05) is 13.7 Å². The Morgan fingerprint density at radius 1 is 1.12 bits per heavy atom. The van der Waals surface area contributed by atoms with Gasteiger partial charge >= 0.3 is 0 Å². The van der Waals surface area contributed by atoms with E-state index in [1.165, 1.54) is 34.2 Å². The van der Waals surface area contributed by atoms with Gasteiger partial charge in [0.2, 0.25) is 15.8 Å². The normalized spacial score (nSPS) is 12.0. The molecule has 2 aromatic carbocycles. The largest absolute Gasteiger partial charge is 0.497 e. The van der Waals surface area contributed by atoms with E-state index >= 15 is 0 Å². The fraction of sp³-hybridized carbons (Fsp3) is 0.227. The number of para-hydroxylation sites is 1. The van der Waals surface area contributed by atoms with Gasteiger partial charge in [-0.3, -0.25) is 13.8 Å². The van der Waals surface area contributed by atoms with E-state index in [0.717, 1.165) is 0 Å². The first-order chi connectivity index (χ1) is 15.4. The molecule has 0 atom stereocenters. The van der Waals surface area contributed by atoms with Gasteiger partial charge in [-0.2, -0.15) is 4.31 Å². The SMILES string of the molecule is C=CCN(Cc1nnc2n(CC)c(=O)c3ccccc3n12)S(=O)(=O)c1ccc(OC)cc1. The molecular weight excluding hydrogens is 430 g/mol. The lowest BCUT2D eigenvalue weighted by atomic mass is 10.2. The first kappa shape index (κ1) is 21.7. The van der Waals surface area contributed by atoms with E-state index in [2.05, 4.69) is 16.8 Å². The van der Waals surface area contributed by atoms with Crippen LogP contribution in [0.2, 0.25) is 0 Å². The second-order valence-electron chi connectivity index (χ2n) is 7.08. The molecular formula is C22H23N5O4S. The third-order valence-electron chi connectivity index (χ3n) is 5.24. The zero-order chi connectivity index (χ0) is 22.9. The van der Waals surface area contributed by atoms with E-state index < -0.39 is 10.0 Å². The smallest absolute Gasteiger partial charge is 0.262 e. The van der Waals surface area contributed by atoms with Gasteiger partial charge in [-0.25, -0.2) is 8.42 Å². The highest BCUT2D eigenvalue weighted by molar-refractivity contribution is 7.89. The van der Waals surface area contributed by atoms with Gasteiger partial charge in [0.05, 0.1) is 29.5 Å². The standard InChI is InChI=1S/C22H23N5O4S/c1-4-14-25(32(29,30)17-12-10-16(31-3)11-13-17)15-20-23-24-22-26(5-2)21(28)18-8-6-7-9-19(18)27(20)22/h4,6-13H,1,5,14-15H2,2-3H3. The summed E-state index contributed by atoms with van der Waals surface area (Å²) in [6.07, 6.45) is 1.52. The zero-order valence-electron chi connectivity index (χ0n) is 17.8. The number of hydrogen-bond donors (Lipinski definition) is 0. The van der Waals surface area contributed by atoms with E-state index in [0.29, 0.717) is 34.8 Å². The van der Waals surface area contributed by atoms with Crippen molar-refractivity contribution in [3.8, 4) is 5.75 Å². The molecule has 0 spiro atoms. The maximum Gasteiger partial charge on any atom is 0.262 e. The fourth-order valence-corrected chi connectivity index (χ4v) is 5.01. The van der Waals surface area contributed by atoms with Gasteiger partial charge in [0.15, 0.2) is 5.82 Å². The van der Waals surface area contributed by atoms with Gasteiger partial charge in [0.25, 0.3) is 5.56 Å². The van der Waals surface area contributed by atoms with Crippen molar-refractivity contribution in [2.45, 2.75) is 24.9 Å². The molecule has 0 unspecified atom stereocenters. The van der Waals surface area contributed by atoms with E-state index in [1.807, 2.05) is 13.0 Å². The molecule has 9 nitrogen and oxygen atoms in total. The molecule has 2 heterocycles. The highest BCUT2D eigenvalue weighted by Crippen LogP contribution is 2.22. The summed E-state index contributed by atoms with van der Waals surface area (Å²) < 4.78 is 36.4. The monoisotopic (exact) mass is 453 g/mol. The third-order valence-corrected chi connectivity index (χ3v) is 7.06. The molecule has 4 aromatic rings. The summed E-state index contributed by atoms with van der Waals surface area (Å²) >= 11 is 0. The van der Waals surface area contributed by atoms with Crippen LogP contribution in [-0.4, -0.2) is 45.5 Å². The van der Waals surface area contributed by atoms with Crippen molar-refractivity contribution >= 4 is 26.7 Å². The molecule has 0 amide bonds. The number of aromatic nitrogens is 4. The Labute approximate surface area is 185 Å². The molecule has 0 saturated carbocycles. The highest BCUT2D eigenvalue weighted by atomic mass is 32.2. The maximum absolute atomic E-state index is 13.3. The zero-order valence-corrected chi connectivity index (χ0v) is 18.6. The molecule has 2 aromatic heterocycles. The minimum atomic E-state index is -3.85. The van der Waals surface area contributed by atoms with E-state index in [4.69, 9.17) is 4.74 Å². The second-order valence-corrected chi connectivity index (χ2v) is 9.02. The molecule has 0 bridgehead atoms. The molecule has 0 radical (unpaired) electrons. The van der Waals surface area contributed by atoms with Crippen molar-refractivity contribution in [1.82, 2.24) is 23.5 Å². The van der Waals surface area contributed by atoms with Gasteiger partial charge < -0.3 is 4.74 Å². The summed E-state index contributed by atoms with van der Waals surface area (Å²) in [5.41, 5.74) is 0.459. The predicted molar refractivity (Wildman–Crippen MR) is 121 cm³/mol. The lowest BCUT2D eigenvalue weighted by molar-refractivity contribution is 0.413. The fourth-order valence-electron chi connectivity index (χ4n) is 3.65. The molecule has 0 aliphatic rings. The van der Waals surface area contributed by atoms with Crippen LogP contribution in [-0.2, 0) is 23.1 Å². The van der Waals surface area contributed by atoms with Crippen LogP contribution in [0.4, 0.5) is 0 Å². The third kappa shape index (κ3) is 3.57. The van der Waals surface area contributed by atoms with Crippen LogP contribution in [0.5, 0.6) is 5.75 Å². The van der Waals surface area contributed by atoms with Crippen LogP contribution in [0.15, 0.2) is 70.9 Å². The number of benzene rings is 2. The quantitative estimate of drug-likeness (QED) is 0.380. The summed E-state index contributed by atoms with van der Waals surface area (Å²) in [5.74, 6) is 1.33. The van der Waals surface area contributed by atoms with Gasteiger partial charge in [-0.05, 0) is 43.3 Å². The van der Waals surface area contributed by atoms with Crippen molar-refractivity contribution in [1.29, 1.82) is 0 Å². The highest BCUT2D eigenvalue weighted by Gasteiger charge is 2.26. The van der Waals surface area contributed by atoms with Crippen LogP contribution in [0.3, 0.4) is 0 Å². The number of hydrogen-bond acceptors (Lipinski definition) is 6. The summed E-state index contributed by atoms with van der Waals surface area (Å²) in [6.45, 7) is 5.99. The Kier molecular flexibility index (Phi) is 5.81. The lowest BCUT2D eigenvalue weighted by Gasteiger charge is -2.20. The predicted octanol–water partition coefficient (Wildman–Crippen LogP) is 2.45. The number of sulfonamides is 1. The van der Waals surface area contributed by atoms with Crippen molar-refractivity contribution < 1.29 is 13.2 Å². The van der Waals surface area contributed by atoms with Crippen LogP contribution >= 0.6 is 0 Å². The minimum Gasteiger partial charge on any atom is -0.497 e. The van der Waals surface area contributed by atoms with Crippen LogP contribution < -0.4 is 10.3 Å². The first-order valence-electron chi connectivity index (χ1n) is 10.0. The van der Waals surface area contributed by atoms with Crippen molar-refractivity contribution in [2.24, 2.45) is 0 Å². The number of ether oxygens (including phenoxy) is 1. The number of methoxy groups -OCH3 is 1. The van der Waals surface area contributed by atoms with Crippen molar-refractivity contribution in [3.05, 3.63) is 77.4 Å². The van der Waals surface area contributed by atoms with Crippen molar-refractivity contribution in [3.63, 3.8) is 0 Å². The van der Waals surface area contributed by atoms with Crippen LogP contribution in [0.1, 0.15) is 12.7 Å². The molecule has 0 aliphatic carbocycles. The summed E-state index contributed by atoms with van der Waals surface area (Å²) in [5, 5.41) is 8.96. The van der Waals surface area contributed by atoms with Gasteiger partial charge in [0, 0.05) is 13.1 Å². The molecule has 10 heteroatoms. The minimum absolute atomic E-state index is 0.0482. The van der Waals surface area contributed by atoms with E-state index in [-0.39, 0.29) is 23.5 Å². The van der Waals surface area contributed by atoms with Gasteiger partial charge in [-0.1, -0.05) is 18.2 Å². The molecule has 4 rings (SSSR count). The van der Waals surface area contributed by atoms with Crippen LogP contribution in [0.25, 0.3) is 16.7 Å². The number of nitrogens with zero attached hydrogens (tertiary/aromatic N) is 5. The lowest BCUT2D eigenvalue weighted by Crippen LogP contribution is -2.32. The topological polar surface area (TPSA) is 98.8 Å². The summed E-state index contributed by atoms with van der Waals surface area (Å²) in [6, 6.07) is 13.3. The molecule has 0 fully saturated rings. The average Bonchev–Trinajstić information content (AvgIpc) is 3.23. The van der Waals surface area contributed by atoms with E-state index in [9.17, 15) is 13.2 Å². The Morgan fingerprint density at radius 2 is 1.84 bits per heavy atom. The van der Waals surface area contributed by atoms with E-state index in [1.54, 1.807) is 34.7 Å². The Bertz CT molecular complexity index is 1460. The number of aryl methyl sites for hydroxylation is 1. The van der Waals surface area contributed by atoms with Crippen LogP contribution in [0, 0.1) is 0 Å². The molecule has 166 valence electrons. The number of fused-ring (bicyclic) bond motifs is 3. The Hall–Kier alpha value is -3.50. The average molecular weight is 454 g/mol.